The third kappa shape index (κ3) is 4.92. The standard InChI is InChI=1S/C20H26N2O4S2/c1-21(28(25,26)20-5-3-15-27-20)12-2-4-19(24)22-13-10-17(11-14-22)16-6-8-18(23)9-7-16/h3,5-9,15,17,23H,2,4,10-14H2,1H3. The summed E-state index contributed by atoms with van der Waals surface area (Å²) in [6, 6.07) is 10.6. The maximum atomic E-state index is 12.5. The summed E-state index contributed by atoms with van der Waals surface area (Å²) in [6.45, 7) is 1.76. The van der Waals surface area contributed by atoms with Gasteiger partial charge in [0.1, 0.15) is 9.96 Å². The van der Waals surface area contributed by atoms with E-state index in [4.69, 9.17) is 0 Å². The summed E-state index contributed by atoms with van der Waals surface area (Å²) >= 11 is 1.20. The van der Waals surface area contributed by atoms with Gasteiger partial charge in [-0.25, -0.2) is 12.7 Å². The molecule has 2 heterocycles. The average Bonchev–Trinajstić information content (AvgIpc) is 3.24. The molecule has 0 unspecified atom stereocenters. The van der Waals surface area contributed by atoms with E-state index in [1.165, 1.54) is 21.2 Å². The molecule has 1 N–H and O–H groups in total. The van der Waals surface area contributed by atoms with Crippen LogP contribution in [-0.4, -0.2) is 55.3 Å². The molecule has 0 spiro atoms. The lowest BCUT2D eigenvalue weighted by Gasteiger charge is -2.32. The predicted molar refractivity (Wildman–Crippen MR) is 110 cm³/mol. The number of hydrogen-bond acceptors (Lipinski definition) is 5. The van der Waals surface area contributed by atoms with Gasteiger partial charge in [0.25, 0.3) is 10.0 Å². The molecule has 2 aromatic rings. The minimum Gasteiger partial charge on any atom is -0.508 e. The molecule has 0 bridgehead atoms. The molecule has 1 aromatic heterocycles. The van der Waals surface area contributed by atoms with Gasteiger partial charge in [0.15, 0.2) is 0 Å². The van der Waals surface area contributed by atoms with E-state index < -0.39 is 10.0 Å². The number of amides is 1. The zero-order valence-corrected chi connectivity index (χ0v) is 17.6. The Morgan fingerprint density at radius 3 is 2.50 bits per heavy atom. The third-order valence-corrected chi connectivity index (χ3v) is 8.47. The number of phenols is 1. The van der Waals surface area contributed by atoms with E-state index in [0.29, 0.717) is 42.6 Å². The molecule has 0 aliphatic carbocycles. The lowest BCUT2D eigenvalue weighted by atomic mass is 9.89. The Balaban J connectivity index is 1.43. The summed E-state index contributed by atoms with van der Waals surface area (Å²) < 4.78 is 26.4. The Morgan fingerprint density at radius 1 is 1.21 bits per heavy atom. The zero-order valence-electron chi connectivity index (χ0n) is 16.0. The molecule has 1 aliphatic heterocycles. The molecule has 0 radical (unpaired) electrons. The molecule has 1 saturated heterocycles. The minimum atomic E-state index is -3.45. The average molecular weight is 423 g/mol. The van der Waals surface area contributed by atoms with Crippen LogP contribution < -0.4 is 0 Å². The van der Waals surface area contributed by atoms with E-state index in [9.17, 15) is 18.3 Å². The lowest BCUT2D eigenvalue weighted by Crippen LogP contribution is -2.38. The van der Waals surface area contributed by atoms with Crippen LogP contribution in [-0.2, 0) is 14.8 Å². The number of sulfonamides is 1. The summed E-state index contributed by atoms with van der Waals surface area (Å²) in [5, 5.41) is 11.1. The molecule has 0 atom stereocenters. The second-order valence-electron chi connectivity index (χ2n) is 7.11. The Morgan fingerprint density at radius 2 is 1.89 bits per heavy atom. The molecule has 1 aromatic carbocycles. The molecule has 3 rings (SSSR count). The number of piperidine rings is 1. The second kappa shape index (κ2) is 9.07. The van der Waals surface area contributed by atoms with Gasteiger partial charge in [-0.1, -0.05) is 18.2 Å². The first-order valence-electron chi connectivity index (χ1n) is 9.44. The van der Waals surface area contributed by atoms with Crippen molar-refractivity contribution in [2.75, 3.05) is 26.7 Å². The van der Waals surface area contributed by atoms with E-state index in [2.05, 4.69) is 0 Å². The maximum absolute atomic E-state index is 12.5. The molecule has 8 heteroatoms. The predicted octanol–water partition coefficient (Wildman–Crippen LogP) is 3.26. The Kier molecular flexibility index (Phi) is 6.74. The van der Waals surface area contributed by atoms with Crippen molar-refractivity contribution in [3.05, 3.63) is 47.3 Å². The molecular formula is C20H26N2O4S2. The van der Waals surface area contributed by atoms with Crippen molar-refractivity contribution >= 4 is 27.3 Å². The maximum Gasteiger partial charge on any atom is 0.252 e. The van der Waals surface area contributed by atoms with Gasteiger partial charge >= 0.3 is 0 Å². The van der Waals surface area contributed by atoms with E-state index in [1.807, 2.05) is 17.0 Å². The number of nitrogens with zero attached hydrogens (tertiary/aromatic N) is 2. The van der Waals surface area contributed by atoms with E-state index in [0.717, 1.165) is 12.8 Å². The number of phenolic OH excluding ortho intramolecular Hbond substituents is 1. The van der Waals surface area contributed by atoms with Crippen LogP contribution in [0, 0.1) is 0 Å². The molecule has 152 valence electrons. The van der Waals surface area contributed by atoms with Gasteiger partial charge in [-0.3, -0.25) is 4.79 Å². The van der Waals surface area contributed by atoms with Crippen molar-refractivity contribution in [1.29, 1.82) is 0 Å². The fourth-order valence-corrected chi connectivity index (χ4v) is 5.91. The topological polar surface area (TPSA) is 77.9 Å². The minimum absolute atomic E-state index is 0.0890. The highest BCUT2D eigenvalue weighted by atomic mass is 32.2. The summed E-state index contributed by atoms with van der Waals surface area (Å²) in [5.74, 6) is 0.764. The Bertz CT molecular complexity index is 871. The van der Waals surface area contributed by atoms with Gasteiger partial charge in [-0.05, 0) is 54.3 Å². The van der Waals surface area contributed by atoms with Crippen LogP contribution in [0.3, 0.4) is 0 Å². The third-order valence-electron chi connectivity index (χ3n) is 5.24. The number of benzene rings is 1. The largest absolute Gasteiger partial charge is 0.508 e. The quantitative estimate of drug-likeness (QED) is 0.743. The van der Waals surface area contributed by atoms with Crippen molar-refractivity contribution in [1.82, 2.24) is 9.21 Å². The van der Waals surface area contributed by atoms with Crippen molar-refractivity contribution in [2.24, 2.45) is 0 Å². The fraction of sp³-hybridized carbons (Fsp3) is 0.450. The number of carbonyl (C=O) groups is 1. The first kappa shape index (κ1) is 20.8. The van der Waals surface area contributed by atoms with Gasteiger partial charge in [0.05, 0.1) is 0 Å². The monoisotopic (exact) mass is 422 g/mol. The van der Waals surface area contributed by atoms with Crippen LogP contribution in [0.1, 0.15) is 37.2 Å². The normalized spacial score (nSPS) is 15.9. The highest BCUT2D eigenvalue weighted by Gasteiger charge is 2.25. The second-order valence-corrected chi connectivity index (χ2v) is 10.3. The van der Waals surface area contributed by atoms with Gasteiger partial charge in [0.2, 0.25) is 5.91 Å². The number of likely N-dealkylation sites (tertiary alicyclic amines) is 1. The van der Waals surface area contributed by atoms with Crippen molar-refractivity contribution in [3.63, 3.8) is 0 Å². The van der Waals surface area contributed by atoms with Crippen LogP contribution in [0.2, 0.25) is 0 Å². The summed E-state index contributed by atoms with van der Waals surface area (Å²) in [7, 11) is -1.89. The molecule has 0 saturated carbocycles. The number of hydrogen-bond donors (Lipinski definition) is 1. The SMILES string of the molecule is CN(CCCC(=O)N1CCC(c2ccc(O)cc2)CC1)S(=O)(=O)c1cccs1. The molecule has 1 aliphatic rings. The number of rotatable bonds is 7. The Labute approximate surface area is 170 Å². The fourth-order valence-electron chi connectivity index (χ4n) is 3.50. The van der Waals surface area contributed by atoms with Crippen LogP contribution in [0.4, 0.5) is 0 Å². The van der Waals surface area contributed by atoms with Gasteiger partial charge in [-0.2, -0.15) is 0 Å². The Hall–Kier alpha value is -1.90. The van der Waals surface area contributed by atoms with Crippen LogP contribution in [0.5, 0.6) is 5.75 Å². The lowest BCUT2D eigenvalue weighted by molar-refractivity contribution is -0.132. The molecule has 28 heavy (non-hydrogen) atoms. The molecular weight excluding hydrogens is 396 g/mol. The highest BCUT2D eigenvalue weighted by Crippen LogP contribution is 2.29. The molecule has 1 fully saturated rings. The number of aromatic hydroxyl groups is 1. The highest BCUT2D eigenvalue weighted by molar-refractivity contribution is 7.91. The first-order chi connectivity index (χ1) is 13.4. The molecule has 6 nitrogen and oxygen atoms in total. The first-order valence-corrected chi connectivity index (χ1v) is 11.8. The van der Waals surface area contributed by atoms with E-state index >= 15 is 0 Å². The summed E-state index contributed by atoms with van der Waals surface area (Å²) in [5.41, 5.74) is 1.20. The summed E-state index contributed by atoms with van der Waals surface area (Å²) in [6.07, 6.45) is 2.68. The van der Waals surface area contributed by atoms with Gasteiger partial charge in [0, 0.05) is 33.1 Å². The van der Waals surface area contributed by atoms with Crippen molar-refractivity contribution in [2.45, 2.75) is 35.8 Å². The van der Waals surface area contributed by atoms with Crippen LogP contribution in [0.15, 0.2) is 46.0 Å². The van der Waals surface area contributed by atoms with Crippen molar-refractivity contribution in [3.8, 4) is 5.75 Å². The smallest absolute Gasteiger partial charge is 0.252 e. The van der Waals surface area contributed by atoms with Crippen LogP contribution in [0.25, 0.3) is 0 Å². The zero-order chi connectivity index (χ0) is 20.1. The van der Waals surface area contributed by atoms with Gasteiger partial charge < -0.3 is 10.0 Å². The molecule has 1 amide bonds. The number of carbonyl (C=O) groups excluding carboxylic acids is 1. The van der Waals surface area contributed by atoms with Gasteiger partial charge in [-0.15, -0.1) is 11.3 Å². The summed E-state index contributed by atoms with van der Waals surface area (Å²) in [4.78, 5) is 14.4. The number of thiophene rings is 1. The van der Waals surface area contributed by atoms with Crippen molar-refractivity contribution < 1.29 is 18.3 Å². The van der Waals surface area contributed by atoms with E-state index in [-0.39, 0.29) is 11.7 Å². The van der Waals surface area contributed by atoms with E-state index in [1.54, 1.807) is 36.7 Å². The van der Waals surface area contributed by atoms with Crippen LogP contribution >= 0.6 is 11.3 Å².